The normalized spacial score (nSPS) is 19.6. The van der Waals surface area contributed by atoms with Crippen LogP contribution in [0, 0.1) is 13.8 Å². The lowest BCUT2D eigenvalue weighted by Gasteiger charge is -2.16. The molecule has 1 aliphatic heterocycles. The molecule has 0 bridgehead atoms. The zero-order valence-corrected chi connectivity index (χ0v) is 17.5. The molecule has 0 spiro atoms. The van der Waals surface area contributed by atoms with Crippen LogP contribution >= 0.6 is 0 Å². The van der Waals surface area contributed by atoms with Gasteiger partial charge in [0, 0.05) is 42.9 Å². The molecule has 0 unspecified atom stereocenters. The third-order valence-corrected chi connectivity index (χ3v) is 6.07. The molecule has 1 aliphatic rings. The van der Waals surface area contributed by atoms with Gasteiger partial charge in [0.1, 0.15) is 5.75 Å². The smallest absolute Gasteiger partial charge is 0.118 e. The number of hydrogen-bond acceptors (Lipinski definition) is 4. The number of hydrogen-bond donors (Lipinski definition) is 1. The number of rotatable bonds is 6. The van der Waals surface area contributed by atoms with Gasteiger partial charge in [-0.15, -0.1) is 0 Å². The molecule has 2 aromatic carbocycles. The summed E-state index contributed by atoms with van der Waals surface area (Å²) in [6.07, 6.45) is 0. The van der Waals surface area contributed by atoms with E-state index < -0.39 is 0 Å². The monoisotopic (exact) mass is 390 g/mol. The summed E-state index contributed by atoms with van der Waals surface area (Å²) in [4.78, 5) is 2.47. The van der Waals surface area contributed by atoms with Crippen LogP contribution in [0.5, 0.6) is 5.75 Å². The summed E-state index contributed by atoms with van der Waals surface area (Å²) in [7, 11) is 1.69. The van der Waals surface area contributed by atoms with Crippen LogP contribution in [0.3, 0.4) is 0 Å². The van der Waals surface area contributed by atoms with Crippen LogP contribution < -0.4 is 10.5 Å². The molecule has 1 saturated heterocycles. The van der Waals surface area contributed by atoms with Crippen LogP contribution in [0.25, 0.3) is 0 Å². The van der Waals surface area contributed by atoms with Crippen molar-refractivity contribution in [2.45, 2.75) is 38.9 Å². The second-order valence-electron chi connectivity index (χ2n) is 8.03. The SMILES string of the molecule is COc1ccc(Cn2nc(C)c(CN3C[C@@H](N)[C@H](c4ccccc4)C3)c2C)cc1. The number of benzene rings is 2. The van der Waals surface area contributed by atoms with Gasteiger partial charge in [0.25, 0.3) is 0 Å². The van der Waals surface area contributed by atoms with E-state index in [2.05, 4.69) is 65.9 Å². The Hall–Kier alpha value is -2.63. The Morgan fingerprint density at radius 3 is 2.41 bits per heavy atom. The molecule has 0 radical (unpaired) electrons. The van der Waals surface area contributed by atoms with Crippen LogP contribution in [0.1, 0.15) is 34.0 Å². The molecule has 2 atom stereocenters. The van der Waals surface area contributed by atoms with Crippen LogP contribution in [0.15, 0.2) is 54.6 Å². The molecule has 3 aromatic rings. The van der Waals surface area contributed by atoms with Gasteiger partial charge in [0.2, 0.25) is 0 Å². The minimum absolute atomic E-state index is 0.173. The fourth-order valence-corrected chi connectivity index (χ4v) is 4.34. The molecule has 2 N–H and O–H groups in total. The van der Waals surface area contributed by atoms with E-state index in [9.17, 15) is 0 Å². The standard InChI is InChI=1S/C24H30N4O/c1-17-22(14-27-15-23(24(25)16-27)20-7-5-4-6-8-20)18(2)28(26-17)13-19-9-11-21(29-3)12-10-19/h4-12,23-24H,13-16,25H2,1-3H3/t23-,24+/m0/s1. The first-order valence-corrected chi connectivity index (χ1v) is 10.2. The van der Waals surface area contributed by atoms with Crippen LogP contribution in [-0.2, 0) is 13.1 Å². The second kappa shape index (κ2) is 8.39. The average molecular weight is 391 g/mol. The first-order valence-electron chi connectivity index (χ1n) is 10.2. The lowest BCUT2D eigenvalue weighted by Crippen LogP contribution is -2.28. The summed E-state index contributed by atoms with van der Waals surface area (Å²) >= 11 is 0. The predicted molar refractivity (Wildman–Crippen MR) is 116 cm³/mol. The molecule has 152 valence electrons. The van der Waals surface area contributed by atoms with E-state index in [1.165, 1.54) is 22.4 Å². The zero-order valence-electron chi connectivity index (χ0n) is 17.5. The molecule has 0 aliphatic carbocycles. The summed E-state index contributed by atoms with van der Waals surface area (Å²) in [5.41, 5.74) is 12.7. The number of ether oxygens (including phenoxy) is 1. The van der Waals surface area contributed by atoms with Gasteiger partial charge in [-0.2, -0.15) is 5.10 Å². The molecule has 2 heterocycles. The quantitative estimate of drug-likeness (QED) is 0.700. The summed E-state index contributed by atoms with van der Waals surface area (Å²) in [5, 5.41) is 4.81. The first-order chi connectivity index (χ1) is 14.0. The van der Waals surface area contributed by atoms with E-state index in [1.807, 2.05) is 12.1 Å². The Bertz CT molecular complexity index is 949. The fourth-order valence-electron chi connectivity index (χ4n) is 4.34. The Kier molecular flexibility index (Phi) is 5.69. The van der Waals surface area contributed by atoms with Crippen molar-refractivity contribution in [1.29, 1.82) is 0 Å². The molecule has 5 heteroatoms. The maximum Gasteiger partial charge on any atom is 0.118 e. The van der Waals surface area contributed by atoms with Crippen molar-refractivity contribution in [2.75, 3.05) is 20.2 Å². The van der Waals surface area contributed by atoms with Crippen molar-refractivity contribution in [3.63, 3.8) is 0 Å². The Labute approximate surface area is 173 Å². The number of nitrogens with two attached hydrogens (primary N) is 1. The van der Waals surface area contributed by atoms with Crippen molar-refractivity contribution < 1.29 is 4.74 Å². The van der Waals surface area contributed by atoms with Gasteiger partial charge < -0.3 is 10.5 Å². The number of methoxy groups -OCH3 is 1. The van der Waals surface area contributed by atoms with E-state index in [4.69, 9.17) is 15.6 Å². The largest absolute Gasteiger partial charge is 0.497 e. The predicted octanol–water partition coefficient (Wildman–Crippen LogP) is 3.48. The highest BCUT2D eigenvalue weighted by Gasteiger charge is 2.31. The van der Waals surface area contributed by atoms with Gasteiger partial charge >= 0.3 is 0 Å². The highest BCUT2D eigenvalue weighted by atomic mass is 16.5. The van der Waals surface area contributed by atoms with E-state index in [1.54, 1.807) is 7.11 Å². The second-order valence-corrected chi connectivity index (χ2v) is 8.03. The zero-order chi connectivity index (χ0) is 20.4. The Balaban J connectivity index is 1.47. The van der Waals surface area contributed by atoms with Crippen LogP contribution in [-0.4, -0.2) is 40.9 Å². The molecule has 29 heavy (non-hydrogen) atoms. The van der Waals surface area contributed by atoms with Crippen molar-refractivity contribution >= 4 is 0 Å². The molecule has 0 saturated carbocycles. The average Bonchev–Trinajstić information content (AvgIpc) is 3.23. The van der Waals surface area contributed by atoms with E-state index in [0.717, 1.165) is 37.6 Å². The number of nitrogens with zero attached hydrogens (tertiary/aromatic N) is 3. The lowest BCUT2D eigenvalue weighted by molar-refractivity contribution is 0.322. The number of aromatic nitrogens is 2. The van der Waals surface area contributed by atoms with Gasteiger partial charge in [-0.25, -0.2) is 0 Å². The minimum Gasteiger partial charge on any atom is -0.497 e. The van der Waals surface area contributed by atoms with Crippen molar-refractivity contribution in [3.8, 4) is 5.75 Å². The van der Waals surface area contributed by atoms with Crippen molar-refractivity contribution in [3.05, 3.63) is 82.7 Å². The number of likely N-dealkylation sites (tertiary alicyclic amines) is 1. The van der Waals surface area contributed by atoms with E-state index in [-0.39, 0.29) is 6.04 Å². The van der Waals surface area contributed by atoms with Crippen LogP contribution in [0.2, 0.25) is 0 Å². The van der Waals surface area contributed by atoms with Crippen molar-refractivity contribution in [2.24, 2.45) is 5.73 Å². The first kappa shape index (κ1) is 19.7. The third-order valence-electron chi connectivity index (χ3n) is 6.07. The summed E-state index contributed by atoms with van der Waals surface area (Å²) in [6.45, 7) is 7.86. The van der Waals surface area contributed by atoms with Gasteiger partial charge in [0.05, 0.1) is 19.3 Å². The lowest BCUT2D eigenvalue weighted by atomic mass is 9.95. The molecule has 1 aromatic heterocycles. The van der Waals surface area contributed by atoms with E-state index >= 15 is 0 Å². The summed E-state index contributed by atoms with van der Waals surface area (Å²) in [6, 6.07) is 19.0. The molecule has 0 amide bonds. The number of aryl methyl sites for hydroxylation is 1. The van der Waals surface area contributed by atoms with Crippen molar-refractivity contribution in [1.82, 2.24) is 14.7 Å². The topological polar surface area (TPSA) is 56.3 Å². The Morgan fingerprint density at radius 1 is 1.00 bits per heavy atom. The van der Waals surface area contributed by atoms with Gasteiger partial charge in [0.15, 0.2) is 0 Å². The molecule has 5 nitrogen and oxygen atoms in total. The highest BCUT2D eigenvalue weighted by molar-refractivity contribution is 5.30. The Morgan fingerprint density at radius 2 is 1.72 bits per heavy atom. The van der Waals surface area contributed by atoms with Gasteiger partial charge in [-0.1, -0.05) is 42.5 Å². The van der Waals surface area contributed by atoms with Gasteiger partial charge in [-0.05, 0) is 37.1 Å². The van der Waals surface area contributed by atoms with E-state index in [0.29, 0.717) is 5.92 Å². The molecule has 4 rings (SSSR count). The molecular weight excluding hydrogens is 360 g/mol. The maximum absolute atomic E-state index is 6.49. The molecule has 1 fully saturated rings. The summed E-state index contributed by atoms with van der Waals surface area (Å²) in [5.74, 6) is 1.27. The van der Waals surface area contributed by atoms with Gasteiger partial charge in [-0.3, -0.25) is 9.58 Å². The van der Waals surface area contributed by atoms with Crippen LogP contribution in [0.4, 0.5) is 0 Å². The summed E-state index contributed by atoms with van der Waals surface area (Å²) < 4.78 is 7.36. The molecular formula is C24H30N4O. The maximum atomic E-state index is 6.49. The third kappa shape index (κ3) is 4.21. The fraction of sp³-hybridized carbons (Fsp3) is 0.375. The highest BCUT2D eigenvalue weighted by Crippen LogP contribution is 2.28. The minimum atomic E-state index is 0.173.